The summed E-state index contributed by atoms with van der Waals surface area (Å²) in [5.41, 5.74) is 3.60. The van der Waals surface area contributed by atoms with Crippen LogP contribution in [0, 0.1) is 18.3 Å². The third-order valence-corrected chi connectivity index (χ3v) is 8.59. The molecule has 0 aliphatic rings. The van der Waals surface area contributed by atoms with Crippen molar-refractivity contribution in [1.29, 1.82) is 0 Å². The van der Waals surface area contributed by atoms with Gasteiger partial charge >= 0.3 is 12.2 Å². The first-order chi connectivity index (χ1) is 25.6. The van der Waals surface area contributed by atoms with Crippen LogP contribution in [0.1, 0.15) is 49.9 Å². The molecule has 4 aromatic rings. The molecule has 279 valence electrons. The Morgan fingerprint density at radius 1 is 0.472 bits per heavy atom. The molecule has 4 amide bonds. The maximum absolute atomic E-state index is 13.9. The smallest absolute Gasteiger partial charge is 0.408 e. The van der Waals surface area contributed by atoms with Gasteiger partial charge in [-0.1, -0.05) is 149 Å². The van der Waals surface area contributed by atoms with E-state index < -0.39 is 36.4 Å². The van der Waals surface area contributed by atoms with E-state index in [0.717, 1.165) is 22.3 Å². The molecule has 53 heavy (non-hydrogen) atoms. The van der Waals surface area contributed by atoms with Gasteiger partial charge in [-0.3, -0.25) is 9.59 Å². The summed E-state index contributed by atoms with van der Waals surface area (Å²) in [6.45, 7) is 7.53. The second kappa shape index (κ2) is 21.0. The van der Waals surface area contributed by atoms with Gasteiger partial charge in [0.05, 0.1) is 0 Å². The number of amides is 4. The maximum Gasteiger partial charge on any atom is 0.408 e. The van der Waals surface area contributed by atoms with E-state index >= 15 is 0 Å². The van der Waals surface area contributed by atoms with E-state index in [9.17, 15) is 19.2 Å². The van der Waals surface area contributed by atoms with Crippen LogP contribution in [-0.4, -0.2) is 48.2 Å². The molecular weight excluding hydrogens is 668 g/mol. The van der Waals surface area contributed by atoms with E-state index in [0.29, 0.717) is 12.8 Å². The van der Waals surface area contributed by atoms with Gasteiger partial charge in [-0.2, -0.15) is 0 Å². The largest absolute Gasteiger partial charge is 0.445 e. The SMILES string of the molecule is CC(C)[C@H](NC(=O)OCc1ccccc1)C(=O)NC([CH]C(Cc1ccccc1)NC(=O)[C@@H](NC(=O)OCc1ccccc1)C(C)C)Cc1ccccc1. The number of hydrogen-bond donors (Lipinski definition) is 4. The fraction of sp³-hybridized carbons (Fsp3) is 0.326. The van der Waals surface area contributed by atoms with Crippen LogP contribution < -0.4 is 21.3 Å². The van der Waals surface area contributed by atoms with Gasteiger partial charge in [0.2, 0.25) is 11.8 Å². The van der Waals surface area contributed by atoms with Crippen LogP contribution in [0.3, 0.4) is 0 Å². The van der Waals surface area contributed by atoms with Crippen LogP contribution in [-0.2, 0) is 45.1 Å². The molecule has 10 heteroatoms. The van der Waals surface area contributed by atoms with Gasteiger partial charge in [-0.05, 0) is 46.9 Å². The average Bonchev–Trinajstić information content (AvgIpc) is 3.15. The fourth-order valence-corrected chi connectivity index (χ4v) is 5.75. The molecule has 0 aliphatic heterocycles. The van der Waals surface area contributed by atoms with Crippen LogP contribution in [0.4, 0.5) is 9.59 Å². The number of benzene rings is 4. The Kier molecular flexibility index (Phi) is 15.9. The van der Waals surface area contributed by atoms with Crippen molar-refractivity contribution in [1.82, 2.24) is 21.3 Å². The summed E-state index contributed by atoms with van der Waals surface area (Å²) in [7, 11) is 0. The lowest BCUT2D eigenvalue weighted by Crippen LogP contribution is -2.56. The van der Waals surface area contributed by atoms with Gasteiger partial charge in [0, 0.05) is 18.5 Å². The number of alkyl carbamates (subject to hydrolysis) is 2. The summed E-state index contributed by atoms with van der Waals surface area (Å²) in [6.07, 6.45) is 1.36. The summed E-state index contributed by atoms with van der Waals surface area (Å²) in [4.78, 5) is 53.4. The summed E-state index contributed by atoms with van der Waals surface area (Å²) in [5.74, 6) is -1.28. The molecule has 0 aliphatic carbocycles. The van der Waals surface area contributed by atoms with E-state index in [1.54, 1.807) is 0 Å². The zero-order valence-corrected chi connectivity index (χ0v) is 30.9. The van der Waals surface area contributed by atoms with E-state index in [1.165, 1.54) is 0 Å². The highest BCUT2D eigenvalue weighted by molar-refractivity contribution is 5.87. The minimum Gasteiger partial charge on any atom is -0.445 e. The lowest BCUT2D eigenvalue weighted by molar-refractivity contribution is -0.124. The van der Waals surface area contributed by atoms with Crippen molar-refractivity contribution in [2.24, 2.45) is 11.8 Å². The van der Waals surface area contributed by atoms with Crippen molar-refractivity contribution in [2.75, 3.05) is 0 Å². The zero-order valence-electron chi connectivity index (χ0n) is 30.9. The quantitative estimate of drug-likeness (QED) is 0.0922. The van der Waals surface area contributed by atoms with Crippen LogP contribution in [0.5, 0.6) is 0 Å². The van der Waals surface area contributed by atoms with Crippen molar-refractivity contribution >= 4 is 24.0 Å². The highest BCUT2D eigenvalue weighted by Crippen LogP contribution is 2.15. The first kappa shape index (κ1) is 40.1. The average molecular weight is 720 g/mol. The summed E-state index contributed by atoms with van der Waals surface area (Å²) in [5, 5.41) is 11.7. The molecule has 1 radical (unpaired) electrons. The second-order valence-corrected chi connectivity index (χ2v) is 13.7. The maximum atomic E-state index is 13.9. The van der Waals surface area contributed by atoms with Crippen molar-refractivity contribution in [3.05, 3.63) is 150 Å². The van der Waals surface area contributed by atoms with Gasteiger partial charge in [-0.25, -0.2) is 9.59 Å². The molecule has 4 atom stereocenters. The predicted molar refractivity (Wildman–Crippen MR) is 205 cm³/mol. The molecule has 0 saturated carbocycles. The molecule has 0 spiro atoms. The lowest BCUT2D eigenvalue weighted by atomic mass is 9.93. The fourth-order valence-electron chi connectivity index (χ4n) is 5.75. The topological polar surface area (TPSA) is 135 Å². The molecule has 10 nitrogen and oxygen atoms in total. The van der Waals surface area contributed by atoms with Gasteiger partial charge in [-0.15, -0.1) is 0 Å². The van der Waals surface area contributed by atoms with Gasteiger partial charge in [0.15, 0.2) is 0 Å². The Morgan fingerprint density at radius 3 is 1.08 bits per heavy atom. The Morgan fingerprint density at radius 2 is 0.774 bits per heavy atom. The molecule has 0 fully saturated rings. The van der Waals surface area contributed by atoms with E-state index in [2.05, 4.69) is 21.3 Å². The Balaban J connectivity index is 1.50. The van der Waals surface area contributed by atoms with E-state index in [-0.39, 0.29) is 36.9 Å². The van der Waals surface area contributed by atoms with Crippen molar-refractivity contribution in [3.8, 4) is 0 Å². The third kappa shape index (κ3) is 14.1. The number of carbonyl (C=O) groups is 4. The standard InChI is InChI=1S/C43H51N4O6/c1-30(2)38(46-42(50)52-28-34-21-13-7-14-22-34)40(48)44-36(25-32-17-9-5-10-18-32)27-37(26-33-19-11-6-12-20-33)45-41(49)39(31(3)4)47-43(51)53-29-35-23-15-8-16-24-35/h5-24,27,30-31,36-39H,25-26,28-29H2,1-4H3,(H,44,48)(H,45,49)(H,46,50)(H,47,51)/t36?,37?,38-,39-/m0/s1. The minimum atomic E-state index is -0.886. The summed E-state index contributed by atoms with van der Waals surface area (Å²) < 4.78 is 10.8. The highest BCUT2D eigenvalue weighted by atomic mass is 16.6. The predicted octanol–water partition coefficient (Wildman–Crippen LogP) is 6.55. The lowest BCUT2D eigenvalue weighted by Gasteiger charge is -2.30. The molecule has 0 heterocycles. The molecule has 4 aromatic carbocycles. The second-order valence-electron chi connectivity index (χ2n) is 13.7. The van der Waals surface area contributed by atoms with Crippen molar-refractivity contribution < 1.29 is 28.7 Å². The van der Waals surface area contributed by atoms with Crippen LogP contribution >= 0.6 is 0 Å². The zero-order chi connectivity index (χ0) is 38.0. The molecule has 0 saturated heterocycles. The minimum absolute atomic E-state index is 0.0708. The van der Waals surface area contributed by atoms with E-state index in [4.69, 9.17) is 9.47 Å². The molecular formula is C43H51N4O6. The van der Waals surface area contributed by atoms with E-state index in [1.807, 2.05) is 155 Å². The number of nitrogens with one attached hydrogen (secondary N) is 4. The normalized spacial score (nSPS) is 13.2. The van der Waals surface area contributed by atoms with Crippen LogP contribution in [0.15, 0.2) is 121 Å². The Labute approximate surface area is 313 Å². The van der Waals surface area contributed by atoms with Crippen LogP contribution in [0.2, 0.25) is 0 Å². The molecule has 2 unspecified atom stereocenters. The monoisotopic (exact) mass is 719 g/mol. The molecule has 4 rings (SSSR count). The first-order valence-corrected chi connectivity index (χ1v) is 18.1. The third-order valence-electron chi connectivity index (χ3n) is 8.59. The summed E-state index contributed by atoms with van der Waals surface area (Å²) in [6, 6.07) is 35.1. The Bertz CT molecular complexity index is 1580. The number of ether oxygens (including phenoxy) is 2. The molecule has 4 N–H and O–H groups in total. The number of hydrogen-bond acceptors (Lipinski definition) is 6. The van der Waals surface area contributed by atoms with Gasteiger partial charge in [0.1, 0.15) is 25.3 Å². The highest BCUT2D eigenvalue weighted by Gasteiger charge is 2.31. The Hall–Kier alpha value is -5.64. The molecule has 0 bridgehead atoms. The number of rotatable bonds is 18. The van der Waals surface area contributed by atoms with Crippen molar-refractivity contribution in [2.45, 2.75) is 77.9 Å². The van der Waals surface area contributed by atoms with Crippen molar-refractivity contribution in [3.63, 3.8) is 0 Å². The first-order valence-electron chi connectivity index (χ1n) is 18.1. The van der Waals surface area contributed by atoms with Gasteiger partial charge in [0.25, 0.3) is 0 Å². The van der Waals surface area contributed by atoms with Crippen LogP contribution in [0.25, 0.3) is 0 Å². The van der Waals surface area contributed by atoms with Gasteiger partial charge < -0.3 is 30.7 Å². The molecule has 0 aromatic heterocycles. The summed E-state index contributed by atoms with van der Waals surface area (Å²) >= 11 is 0. The number of carbonyl (C=O) groups excluding carboxylic acids is 4.